The van der Waals surface area contributed by atoms with Crippen molar-refractivity contribution in [2.75, 3.05) is 7.11 Å². The largest absolute Gasteiger partial charge is 0.496 e. The van der Waals surface area contributed by atoms with Crippen molar-refractivity contribution in [3.63, 3.8) is 0 Å². The summed E-state index contributed by atoms with van der Waals surface area (Å²) in [6.45, 7) is 1.76. The second kappa shape index (κ2) is 7.17. The van der Waals surface area contributed by atoms with Gasteiger partial charge in [-0.05, 0) is 25.1 Å². The lowest BCUT2D eigenvalue weighted by Gasteiger charge is -2.16. The first kappa shape index (κ1) is 18.2. The Hall–Kier alpha value is -2.15. The zero-order valence-corrected chi connectivity index (χ0v) is 13.7. The number of halogens is 4. The number of hydrogen-bond donors (Lipinski definition) is 0. The maximum absolute atomic E-state index is 14.5. The summed E-state index contributed by atoms with van der Waals surface area (Å²) in [6, 6.07) is 10.9. The highest BCUT2D eigenvalue weighted by Gasteiger charge is 2.41. The van der Waals surface area contributed by atoms with Crippen LogP contribution in [-0.2, 0) is 10.8 Å². The van der Waals surface area contributed by atoms with E-state index in [1.165, 1.54) is 37.4 Å². The summed E-state index contributed by atoms with van der Waals surface area (Å²) in [5.74, 6) is -0.152. The van der Waals surface area contributed by atoms with Crippen LogP contribution in [0.3, 0.4) is 0 Å². The van der Waals surface area contributed by atoms with Gasteiger partial charge < -0.3 is 4.74 Å². The topological polar surface area (TPSA) is 26.3 Å². The van der Waals surface area contributed by atoms with E-state index in [4.69, 9.17) is 4.74 Å². The van der Waals surface area contributed by atoms with Crippen LogP contribution < -0.4 is 4.74 Å². The van der Waals surface area contributed by atoms with Gasteiger partial charge in [0.25, 0.3) is 0 Å². The molecule has 0 spiro atoms. The first-order valence-electron chi connectivity index (χ1n) is 6.84. The van der Waals surface area contributed by atoms with Crippen LogP contribution in [0.1, 0.15) is 11.1 Å². The Bertz CT molecular complexity index is 780. The average Bonchev–Trinajstić information content (AvgIpc) is 2.54. The van der Waals surface area contributed by atoms with Crippen LogP contribution in [-0.4, -0.2) is 17.5 Å². The number of alkyl halides is 3. The summed E-state index contributed by atoms with van der Waals surface area (Å²) in [5.41, 5.74) is -1.27. The lowest BCUT2D eigenvalue weighted by atomic mass is 10.1. The number of benzene rings is 2. The minimum Gasteiger partial charge on any atom is -0.496 e. The van der Waals surface area contributed by atoms with Gasteiger partial charge in [-0.3, -0.25) is 0 Å². The zero-order valence-electron chi connectivity index (χ0n) is 12.9. The highest BCUT2D eigenvalue weighted by atomic mass is 32.2. The summed E-state index contributed by atoms with van der Waals surface area (Å²) in [7, 11) is -1.40. The summed E-state index contributed by atoms with van der Waals surface area (Å²) < 4.78 is 72.0. The van der Waals surface area contributed by atoms with Crippen LogP contribution in [0.15, 0.2) is 58.6 Å². The van der Waals surface area contributed by atoms with Crippen LogP contribution in [0.2, 0.25) is 0 Å². The fourth-order valence-corrected chi connectivity index (χ4v) is 3.08. The number of hydrogen-bond acceptors (Lipinski definition) is 2. The van der Waals surface area contributed by atoms with Gasteiger partial charge in [0.1, 0.15) is 22.1 Å². The van der Waals surface area contributed by atoms with E-state index >= 15 is 0 Å². The molecular formula is C17H14F4O2S. The van der Waals surface area contributed by atoms with Crippen molar-refractivity contribution in [2.45, 2.75) is 18.0 Å². The van der Waals surface area contributed by atoms with Gasteiger partial charge in [0, 0.05) is 10.5 Å². The second-order valence-corrected chi connectivity index (χ2v) is 6.30. The van der Waals surface area contributed by atoms with E-state index in [-0.39, 0.29) is 10.6 Å². The molecule has 0 aliphatic rings. The van der Waals surface area contributed by atoms with Crippen molar-refractivity contribution in [1.29, 1.82) is 0 Å². The van der Waals surface area contributed by atoms with E-state index in [0.29, 0.717) is 0 Å². The predicted molar refractivity (Wildman–Crippen MR) is 84.7 cm³/mol. The minimum absolute atomic E-state index is 0.0465. The molecule has 128 valence electrons. The Morgan fingerprint density at radius 2 is 1.62 bits per heavy atom. The highest BCUT2D eigenvalue weighted by molar-refractivity contribution is 7.89. The Labute approximate surface area is 139 Å². The Morgan fingerprint density at radius 3 is 2.17 bits per heavy atom. The van der Waals surface area contributed by atoms with Gasteiger partial charge in [0.2, 0.25) is 5.16 Å². The molecule has 2 aromatic rings. The number of ether oxygens (including phenoxy) is 1. The Kier molecular flexibility index (Phi) is 5.43. The monoisotopic (exact) mass is 358 g/mol. The lowest BCUT2D eigenvalue weighted by molar-refractivity contribution is -0.0698. The third-order valence-corrected chi connectivity index (χ3v) is 4.48. The molecule has 0 radical (unpaired) electrons. The smallest absolute Gasteiger partial charge is 0.420 e. The molecule has 0 aliphatic carbocycles. The van der Waals surface area contributed by atoms with Crippen LogP contribution >= 0.6 is 0 Å². The van der Waals surface area contributed by atoms with Gasteiger partial charge in [-0.25, -0.2) is 4.21 Å². The van der Waals surface area contributed by atoms with Crippen LogP contribution in [0, 0.1) is 6.92 Å². The summed E-state index contributed by atoms with van der Waals surface area (Å²) in [4.78, 5) is -0.0465. The molecule has 2 aromatic carbocycles. The minimum atomic E-state index is -5.03. The maximum atomic E-state index is 14.5. The Morgan fingerprint density at radius 1 is 1.04 bits per heavy atom. The molecule has 2 nitrogen and oxygen atoms in total. The van der Waals surface area contributed by atoms with Crippen molar-refractivity contribution >= 4 is 16.4 Å². The van der Waals surface area contributed by atoms with Gasteiger partial charge >= 0.3 is 6.18 Å². The third kappa shape index (κ3) is 3.84. The number of allylic oxidation sites excluding steroid dienone is 1. The predicted octanol–water partition coefficient (Wildman–Crippen LogP) is 5.01. The van der Waals surface area contributed by atoms with E-state index < -0.39 is 33.3 Å². The molecule has 0 amide bonds. The van der Waals surface area contributed by atoms with E-state index in [1.54, 1.807) is 19.1 Å². The van der Waals surface area contributed by atoms with Crippen molar-refractivity contribution in [1.82, 2.24) is 0 Å². The lowest BCUT2D eigenvalue weighted by Crippen LogP contribution is -2.15. The van der Waals surface area contributed by atoms with Crippen molar-refractivity contribution in [3.05, 3.63) is 64.8 Å². The molecule has 1 atom stereocenters. The molecule has 0 aliphatic heterocycles. The molecule has 1 unspecified atom stereocenters. The van der Waals surface area contributed by atoms with Crippen molar-refractivity contribution in [3.8, 4) is 5.75 Å². The quantitative estimate of drug-likeness (QED) is 0.718. The zero-order chi connectivity index (χ0) is 17.9. The SMILES string of the molecule is COc1ccccc1/C(=C(/F)S(=O)c1ccc(C)cc1)C(F)(F)F. The van der Waals surface area contributed by atoms with E-state index in [9.17, 15) is 21.8 Å². The van der Waals surface area contributed by atoms with Gasteiger partial charge in [-0.1, -0.05) is 35.9 Å². The fourth-order valence-electron chi connectivity index (χ4n) is 2.08. The average molecular weight is 358 g/mol. The molecular weight excluding hydrogens is 344 g/mol. The summed E-state index contributed by atoms with van der Waals surface area (Å²) in [5, 5.41) is -1.75. The van der Waals surface area contributed by atoms with Crippen LogP contribution in [0.5, 0.6) is 5.75 Å². The van der Waals surface area contributed by atoms with E-state index in [0.717, 1.165) is 11.6 Å². The van der Waals surface area contributed by atoms with E-state index in [2.05, 4.69) is 0 Å². The molecule has 0 saturated heterocycles. The molecule has 7 heteroatoms. The van der Waals surface area contributed by atoms with Crippen molar-refractivity contribution in [2.24, 2.45) is 0 Å². The number of methoxy groups -OCH3 is 1. The summed E-state index contributed by atoms with van der Waals surface area (Å²) >= 11 is 0. The van der Waals surface area contributed by atoms with Gasteiger partial charge in [0.05, 0.1) is 7.11 Å². The summed E-state index contributed by atoms with van der Waals surface area (Å²) in [6.07, 6.45) is -5.03. The molecule has 0 bridgehead atoms. The molecule has 0 aromatic heterocycles. The standard InChI is InChI=1S/C17H14F4O2S/c1-11-7-9-12(10-8-11)24(22)16(18)15(17(19,20)21)13-5-3-4-6-14(13)23-2/h3-10H,1-2H3/b16-15+. The van der Waals surface area contributed by atoms with E-state index in [1.807, 2.05) is 0 Å². The molecule has 2 rings (SSSR count). The number of aryl methyl sites for hydroxylation is 1. The number of rotatable bonds is 4. The van der Waals surface area contributed by atoms with Gasteiger partial charge in [-0.2, -0.15) is 17.6 Å². The van der Waals surface area contributed by atoms with Crippen LogP contribution in [0.25, 0.3) is 5.57 Å². The molecule has 0 saturated carbocycles. The van der Waals surface area contributed by atoms with Gasteiger partial charge in [-0.15, -0.1) is 0 Å². The fraction of sp³-hybridized carbons (Fsp3) is 0.176. The maximum Gasteiger partial charge on any atom is 0.420 e. The first-order chi connectivity index (χ1) is 11.3. The van der Waals surface area contributed by atoms with Gasteiger partial charge in [0.15, 0.2) is 0 Å². The first-order valence-corrected chi connectivity index (χ1v) is 7.99. The van der Waals surface area contributed by atoms with Crippen molar-refractivity contribution < 1.29 is 26.5 Å². The molecule has 24 heavy (non-hydrogen) atoms. The molecule has 0 N–H and O–H groups in total. The third-order valence-electron chi connectivity index (χ3n) is 3.25. The Balaban J connectivity index is 2.63. The molecule has 0 heterocycles. The second-order valence-electron chi connectivity index (χ2n) is 4.93. The normalized spacial score (nSPS) is 14.1. The number of para-hydroxylation sites is 1. The molecule has 0 fully saturated rings. The van der Waals surface area contributed by atoms with Crippen LogP contribution in [0.4, 0.5) is 17.6 Å². The highest BCUT2D eigenvalue weighted by Crippen LogP contribution is 2.42.